The van der Waals surface area contributed by atoms with E-state index in [1.807, 2.05) is 6.92 Å². The fourth-order valence-electron chi connectivity index (χ4n) is 1.82. The largest absolute Gasteiger partial charge is 0.399 e. The molecule has 0 amide bonds. The van der Waals surface area contributed by atoms with Gasteiger partial charge < -0.3 is 5.73 Å². The highest BCUT2D eigenvalue weighted by atomic mass is 32.2. The van der Waals surface area contributed by atoms with Crippen molar-refractivity contribution < 1.29 is 12.8 Å². The van der Waals surface area contributed by atoms with Crippen molar-refractivity contribution in [2.75, 3.05) is 19.3 Å². The molecule has 0 heterocycles. The lowest BCUT2D eigenvalue weighted by atomic mass is 10.2. The Labute approximate surface area is 114 Å². The van der Waals surface area contributed by atoms with Gasteiger partial charge in [0.05, 0.1) is 0 Å². The van der Waals surface area contributed by atoms with Crippen LogP contribution in [0.15, 0.2) is 17.0 Å². The Hall–Kier alpha value is -1.14. The van der Waals surface area contributed by atoms with Crippen LogP contribution in [0.1, 0.15) is 31.7 Å². The second kappa shape index (κ2) is 6.34. The number of hydrogen-bond donors (Lipinski definition) is 1. The number of unbranched alkanes of at least 4 members (excludes halogenated alkanes) is 2. The number of hydrogen-bond acceptors (Lipinski definition) is 3. The number of sulfonamides is 1. The van der Waals surface area contributed by atoms with Gasteiger partial charge in [0.25, 0.3) is 0 Å². The van der Waals surface area contributed by atoms with Crippen molar-refractivity contribution in [2.45, 2.75) is 38.0 Å². The molecular formula is C13H21FN2O2S. The summed E-state index contributed by atoms with van der Waals surface area (Å²) in [5.74, 6) is -0.725. The van der Waals surface area contributed by atoms with Gasteiger partial charge in [0.15, 0.2) is 0 Å². The van der Waals surface area contributed by atoms with Gasteiger partial charge in [-0.2, -0.15) is 0 Å². The number of nitrogens with two attached hydrogens (primary N) is 1. The first-order valence-corrected chi connectivity index (χ1v) is 7.76. The molecule has 0 saturated carbocycles. The van der Waals surface area contributed by atoms with Gasteiger partial charge in [-0.3, -0.25) is 0 Å². The van der Waals surface area contributed by atoms with E-state index in [9.17, 15) is 12.8 Å². The molecule has 2 N–H and O–H groups in total. The van der Waals surface area contributed by atoms with E-state index in [2.05, 4.69) is 0 Å². The third-order valence-corrected chi connectivity index (χ3v) is 4.86. The van der Waals surface area contributed by atoms with Gasteiger partial charge >= 0.3 is 0 Å². The highest BCUT2D eigenvalue weighted by molar-refractivity contribution is 7.89. The first kappa shape index (κ1) is 15.9. The second-order valence-electron chi connectivity index (χ2n) is 4.68. The average molecular weight is 288 g/mol. The maximum Gasteiger partial charge on any atom is 0.245 e. The zero-order chi connectivity index (χ0) is 14.6. The highest BCUT2D eigenvalue weighted by Gasteiger charge is 2.25. The Kier molecular flexibility index (Phi) is 5.31. The summed E-state index contributed by atoms with van der Waals surface area (Å²) in [5, 5.41) is 0. The monoisotopic (exact) mass is 288 g/mol. The van der Waals surface area contributed by atoms with Crippen LogP contribution in [0.4, 0.5) is 10.1 Å². The van der Waals surface area contributed by atoms with E-state index in [4.69, 9.17) is 5.73 Å². The summed E-state index contributed by atoms with van der Waals surface area (Å²) in [4.78, 5) is -0.344. The van der Waals surface area contributed by atoms with Gasteiger partial charge in [-0.15, -0.1) is 0 Å². The Morgan fingerprint density at radius 3 is 2.53 bits per heavy atom. The average Bonchev–Trinajstić information content (AvgIpc) is 2.33. The van der Waals surface area contributed by atoms with Crippen LogP contribution in [-0.2, 0) is 10.0 Å². The molecule has 0 aliphatic rings. The molecule has 0 fully saturated rings. The topological polar surface area (TPSA) is 63.4 Å². The van der Waals surface area contributed by atoms with E-state index < -0.39 is 15.8 Å². The van der Waals surface area contributed by atoms with Gasteiger partial charge in [0, 0.05) is 19.3 Å². The molecule has 1 rings (SSSR count). The van der Waals surface area contributed by atoms with Gasteiger partial charge in [-0.25, -0.2) is 17.1 Å². The summed E-state index contributed by atoms with van der Waals surface area (Å²) in [5.41, 5.74) is 6.08. The third kappa shape index (κ3) is 3.67. The normalized spacial score (nSPS) is 12.1. The molecule has 19 heavy (non-hydrogen) atoms. The van der Waals surface area contributed by atoms with Gasteiger partial charge in [0.1, 0.15) is 10.7 Å². The molecule has 0 aromatic heterocycles. The van der Waals surface area contributed by atoms with Crippen LogP contribution in [0, 0.1) is 12.7 Å². The smallest absolute Gasteiger partial charge is 0.245 e. The van der Waals surface area contributed by atoms with Crippen LogP contribution < -0.4 is 5.73 Å². The molecule has 0 saturated heterocycles. The molecule has 4 nitrogen and oxygen atoms in total. The summed E-state index contributed by atoms with van der Waals surface area (Å²) in [6.07, 6.45) is 2.70. The van der Waals surface area contributed by atoms with Crippen LogP contribution in [-0.4, -0.2) is 26.3 Å². The summed E-state index contributed by atoms with van der Waals surface area (Å²) in [6.45, 7) is 3.92. The molecule has 1 aromatic rings. The predicted molar refractivity (Wildman–Crippen MR) is 74.9 cm³/mol. The van der Waals surface area contributed by atoms with Gasteiger partial charge in [0.2, 0.25) is 10.0 Å². The number of nitrogens with zero attached hydrogens (tertiary/aromatic N) is 1. The summed E-state index contributed by atoms with van der Waals surface area (Å²) >= 11 is 0. The Morgan fingerprint density at radius 1 is 1.32 bits per heavy atom. The SMILES string of the molecule is CCCCCN(C)S(=O)(=O)c1cc(N)cc(C)c1F. The molecule has 0 unspecified atom stereocenters. The van der Waals surface area contributed by atoms with Crippen molar-refractivity contribution in [3.8, 4) is 0 Å². The molecule has 0 aliphatic heterocycles. The Morgan fingerprint density at radius 2 is 1.95 bits per heavy atom. The van der Waals surface area contributed by atoms with Crippen LogP contribution in [0.3, 0.4) is 0 Å². The van der Waals surface area contributed by atoms with Crippen molar-refractivity contribution in [3.63, 3.8) is 0 Å². The first-order valence-electron chi connectivity index (χ1n) is 6.32. The molecule has 0 atom stereocenters. The van der Waals surface area contributed by atoms with Crippen LogP contribution in [0.2, 0.25) is 0 Å². The minimum Gasteiger partial charge on any atom is -0.399 e. The quantitative estimate of drug-likeness (QED) is 0.646. The first-order chi connectivity index (χ1) is 8.80. The zero-order valence-electron chi connectivity index (χ0n) is 11.6. The molecule has 108 valence electrons. The fraction of sp³-hybridized carbons (Fsp3) is 0.538. The molecule has 6 heteroatoms. The lowest BCUT2D eigenvalue weighted by molar-refractivity contribution is 0.448. The van der Waals surface area contributed by atoms with E-state index in [1.165, 1.54) is 30.4 Å². The van der Waals surface area contributed by atoms with E-state index in [0.717, 1.165) is 19.3 Å². The molecule has 0 aliphatic carbocycles. The number of halogens is 1. The molecule has 1 aromatic carbocycles. The van der Waals surface area contributed by atoms with Crippen LogP contribution >= 0.6 is 0 Å². The number of nitrogen functional groups attached to an aromatic ring is 1. The fourth-order valence-corrected chi connectivity index (χ4v) is 3.20. The van der Waals surface area contributed by atoms with Crippen molar-refractivity contribution in [1.82, 2.24) is 4.31 Å². The lowest BCUT2D eigenvalue weighted by Crippen LogP contribution is -2.29. The minimum absolute atomic E-state index is 0.237. The van der Waals surface area contributed by atoms with Gasteiger partial charge in [-0.05, 0) is 31.0 Å². The lowest BCUT2D eigenvalue weighted by Gasteiger charge is -2.18. The van der Waals surface area contributed by atoms with E-state index in [1.54, 1.807) is 0 Å². The summed E-state index contributed by atoms with van der Waals surface area (Å²) in [7, 11) is -2.36. The second-order valence-corrected chi connectivity index (χ2v) is 6.70. The molecular weight excluding hydrogens is 267 g/mol. The maximum atomic E-state index is 14.0. The zero-order valence-corrected chi connectivity index (χ0v) is 12.4. The maximum absolute atomic E-state index is 14.0. The van der Waals surface area contributed by atoms with Crippen LogP contribution in [0.25, 0.3) is 0 Å². The number of anilines is 1. The number of aryl methyl sites for hydroxylation is 1. The van der Waals surface area contributed by atoms with E-state index in [-0.39, 0.29) is 16.1 Å². The van der Waals surface area contributed by atoms with Gasteiger partial charge in [-0.1, -0.05) is 19.8 Å². The summed E-state index contributed by atoms with van der Waals surface area (Å²) < 4.78 is 39.7. The van der Waals surface area contributed by atoms with Crippen molar-refractivity contribution in [1.29, 1.82) is 0 Å². The predicted octanol–water partition coefficient (Wildman–Crippen LogP) is 2.53. The highest BCUT2D eigenvalue weighted by Crippen LogP contribution is 2.24. The van der Waals surface area contributed by atoms with Crippen molar-refractivity contribution in [3.05, 3.63) is 23.5 Å². The van der Waals surface area contributed by atoms with Crippen molar-refractivity contribution in [2.24, 2.45) is 0 Å². The third-order valence-electron chi connectivity index (χ3n) is 3.01. The standard InChI is InChI=1S/C13H21FN2O2S/c1-4-5-6-7-16(3)19(17,18)12-9-11(15)8-10(2)13(12)14/h8-9H,4-7,15H2,1-3H3. The Bertz CT molecular complexity index is 544. The van der Waals surface area contributed by atoms with E-state index in [0.29, 0.717) is 6.54 Å². The Balaban J connectivity index is 3.06. The van der Waals surface area contributed by atoms with Crippen LogP contribution in [0.5, 0.6) is 0 Å². The molecule has 0 radical (unpaired) electrons. The van der Waals surface area contributed by atoms with E-state index >= 15 is 0 Å². The minimum atomic E-state index is -3.82. The molecule has 0 bridgehead atoms. The molecule has 0 spiro atoms. The summed E-state index contributed by atoms with van der Waals surface area (Å²) in [6, 6.07) is 2.60. The number of benzene rings is 1. The number of rotatable bonds is 6. The van der Waals surface area contributed by atoms with Crippen molar-refractivity contribution >= 4 is 15.7 Å².